The molecule has 3 rings (SSSR count). The van der Waals surface area contributed by atoms with Crippen molar-refractivity contribution in [1.29, 1.82) is 5.26 Å². The number of benzene rings is 2. The maximum Gasteiger partial charge on any atom is 0.194 e. The van der Waals surface area contributed by atoms with Crippen LogP contribution in [0.1, 0.15) is 36.6 Å². The number of halogens is 3. The Morgan fingerprint density at radius 2 is 1.97 bits per heavy atom. The van der Waals surface area contributed by atoms with Gasteiger partial charge in [0.25, 0.3) is 0 Å². The van der Waals surface area contributed by atoms with Crippen molar-refractivity contribution >= 4 is 29.9 Å². The van der Waals surface area contributed by atoms with Crippen LogP contribution in [0.3, 0.4) is 0 Å². The number of nitriles is 1. The second-order valence-electron chi connectivity index (χ2n) is 6.98. The zero-order valence-electron chi connectivity index (χ0n) is 16.9. The van der Waals surface area contributed by atoms with Crippen LogP contribution in [0.25, 0.3) is 0 Å². The number of nitrogens with one attached hydrogen (secondary N) is 1. The molecule has 0 aromatic heterocycles. The molecule has 0 saturated carbocycles. The van der Waals surface area contributed by atoms with Gasteiger partial charge in [0, 0.05) is 18.7 Å². The predicted molar refractivity (Wildman–Crippen MR) is 123 cm³/mol. The highest BCUT2D eigenvalue weighted by molar-refractivity contribution is 14.0. The zero-order valence-corrected chi connectivity index (χ0v) is 19.3. The minimum atomic E-state index is -0.441. The fourth-order valence-corrected chi connectivity index (χ4v) is 3.32. The molecule has 2 aromatic rings. The van der Waals surface area contributed by atoms with E-state index in [4.69, 9.17) is 10.00 Å². The van der Waals surface area contributed by atoms with Crippen LogP contribution in [0.5, 0.6) is 0 Å². The first-order valence-corrected chi connectivity index (χ1v) is 9.63. The van der Waals surface area contributed by atoms with Gasteiger partial charge in [0.1, 0.15) is 17.7 Å². The first-order chi connectivity index (χ1) is 14.0. The standard InChI is InChI=1S/C22H24F2N4O.HI/c1-3-26-22(27-12-18-5-4-16(11-25)10-20(18)24)28-13-15(2)29-21(14-28)17-6-8-19(23)9-7-17;/h4-10,15,21H,3,12-14H2,1-2H3,(H,26,27);1H. The number of rotatable bonds is 4. The molecule has 0 aliphatic carbocycles. The molecular weight excluding hydrogens is 501 g/mol. The van der Waals surface area contributed by atoms with E-state index in [2.05, 4.69) is 15.2 Å². The third-order valence-corrected chi connectivity index (χ3v) is 4.72. The number of morpholine rings is 1. The molecule has 1 heterocycles. The Hall–Kier alpha value is -2.25. The minimum absolute atomic E-state index is 0. The summed E-state index contributed by atoms with van der Waals surface area (Å²) in [4.78, 5) is 6.67. The fourth-order valence-electron chi connectivity index (χ4n) is 3.32. The van der Waals surface area contributed by atoms with Gasteiger partial charge in [0.05, 0.1) is 30.8 Å². The average Bonchev–Trinajstić information content (AvgIpc) is 2.71. The van der Waals surface area contributed by atoms with Crippen molar-refractivity contribution in [3.8, 4) is 6.07 Å². The molecule has 2 atom stereocenters. The maximum atomic E-state index is 14.2. The summed E-state index contributed by atoms with van der Waals surface area (Å²) in [5.41, 5.74) is 1.61. The smallest absolute Gasteiger partial charge is 0.194 e. The second-order valence-corrected chi connectivity index (χ2v) is 6.98. The summed E-state index contributed by atoms with van der Waals surface area (Å²) in [6.07, 6.45) is -0.260. The Morgan fingerprint density at radius 1 is 1.23 bits per heavy atom. The summed E-state index contributed by atoms with van der Waals surface area (Å²) in [7, 11) is 0. The molecule has 1 saturated heterocycles. The Kier molecular flexibility index (Phi) is 8.99. The van der Waals surface area contributed by atoms with E-state index in [1.165, 1.54) is 18.2 Å². The summed E-state index contributed by atoms with van der Waals surface area (Å²) >= 11 is 0. The summed E-state index contributed by atoms with van der Waals surface area (Å²) in [6.45, 7) is 5.97. The normalized spacial score (nSPS) is 19.0. The van der Waals surface area contributed by atoms with E-state index in [0.717, 1.165) is 5.56 Å². The van der Waals surface area contributed by atoms with Crippen molar-refractivity contribution in [2.45, 2.75) is 32.6 Å². The van der Waals surface area contributed by atoms with Gasteiger partial charge in [0.2, 0.25) is 0 Å². The molecule has 0 amide bonds. The second kappa shape index (κ2) is 11.2. The number of hydrogen-bond acceptors (Lipinski definition) is 3. The fraction of sp³-hybridized carbons (Fsp3) is 0.364. The van der Waals surface area contributed by atoms with E-state index in [-0.39, 0.29) is 54.1 Å². The van der Waals surface area contributed by atoms with Crippen LogP contribution in [0.2, 0.25) is 0 Å². The van der Waals surface area contributed by atoms with Gasteiger partial charge in [-0.3, -0.25) is 0 Å². The van der Waals surface area contributed by atoms with Crippen LogP contribution < -0.4 is 5.32 Å². The zero-order chi connectivity index (χ0) is 20.8. The lowest BCUT2D eigenvalue weighted by molar-refractivity contribution is -0.0605. The molecule has 0 radical (unpaired) electrons. The molecule has 0 bridgehead atoms. The minimum Gasteiger partial charge on any atom is -0.367 e. The molecule has 30 heavy (non-hydrogen) atoms. The van der Waals surface area contributed by atoms with E-state index in [1.807, 2.05) is 19.9 Å². The molecule has 0 spiro atoms. The van der Waals surface area contributed by atoms with Crippen LogP contribution in [0.15, 0.2) is 47.5 Å². The number of nitrogens with zero attached hydrogens (tertiary/aromatic N) is 3. The molecule has 5 nitrogen and oxygen atoms in total. The molecule has 8 heteroatoms. The van der Waals surface area contributed by atoms with Crippen LogP contribution in [0, 0.1) is 23.0 Å². The van der Waals surface area contributed by atoms with Crippen LogP contribution in [0.4, 0.5) is 8.78 Å². The molecule has 2 aromatic carbocycles. The third-order valence-electron chi connectivity index (χ3n) is 4.72. The highest BCUT2D eigenvalue weighted by Gasteiger charge is 2.28. The van der Waals surface area contributed by atoms with E-state index in [9.17, 15) is 8.78 Å². The molecule has 1 aliphatic rings. The molecule has 160 valence electrons. The Bertz CT molecular complexity index is 914. The molecular formula is C22H25F2IN4O. The predicted octanol–water partition coefficient (Wildman–Crippen LogP) is 4.38. The number of aliphatic imine (C=N–C) groups is 1. The van der Waals surface area contributed by atoms with Crippen molar-refractivity contribution in [1.82, 2.24) is 10.2 Å². The lowest BCUT2D eigenvalue weighted by Gasteiger charge is -2.38. The van der Waals surface area contributed by atoms with E-state index in [0.29, 0.717) is 31.2 Å². The van der Waals surface area contributed by atoms with Crippen molar-refractivity contribution < 1.29 is 13.5 Å². The van der Waals surface area contributed by atoms with Crippen LogP contribution >= 0.6 is 24.0 Å². The summed E-state index contributed by atoms with van der Waals surface area (Å²) < 4.78 is 33.5. The molecule has 1 N–H and O–H groups in total. The summed E-state index contributed by atoms with van der Waals surface area (Å²) in [6, 6.07) is 12.6. The first kappa shape index (κ1) is 24.0. The summed E-state index contributed by atoms with van der Waals surface area (Å²) in [5, 5.41) is 12.1. The quantitative estimate of drug-likeness (QED) is 0.365. The van der Waals surface area contributed by atoms with Gasteiger partial charge in [-0.15, -0.1) is 24.0 Å². The third kappa shape index (κ3) is 6.12. The average molecular weight is 526 g/mol. The van der Waals surface area contributed by atoms with Crippen molar-refractivity contribution in [2.24, 2.45) is 4.99 Å². The van der Waals surface area contributed by atoms with E-state index >= 15 is 0 Å². The van der Waals surface area contributed by atoms with E-state index in [1.54, 1.807) is 24.3 Å². The van der Waals surface area contributed by atoms with Crippen LogP contribution in [-0.4, -0.2) is 36.6 Å². The van der Waals surface area contributed by atoms with E-state index < -0.39 is 5.82 Å². The van der Waals surface area contributed by atoms with Gasteiger partial charge in [-0.05, 0) is 43.7 Å². The lowest BCUT2D eigenvalue weighted by Crippen LogP contribution is -2.50. The monoisotopic (exact) mass is 526 g/mol. The maximum absolute atomic E-state index is 14.2. The lowest BCUT2D eigenvalue weighted by atomic mass is 10.1. The molecule has 1 fully saturated rings. The Balaban J connectivity index is 0.00000320. The number of hydrogen-bond donors (Lipinski definition) is 1. The largest absolute Gasteiger partial charge is 0.367 e. The van der Waals surface area contributed by atoms with Gasteiger partial charge in [-0.25, -0.2) is 13.8 Å². The first-order valence-electron chi connectivity index (χ1n) is 9.63. The number of ether oxygens (including phenoxy) is 1. The Labute approximate surface area is 192 Å². The highest BCUT2D eigenvalue weighted by atomic mass is 127. The number of guanidine groups is 1. The van der Waals surface area contributed by atoms with Crippen LogP contribution in [-0.2, 0) is 11.3 Å². The Morgan fingerprint density at radius 3 is 2.60 bits per heavy atom. The SMILES string of the molecule is CCNC(=NCc1ccc(C#N)cc1F)N1CC(C)OC(c2ccc(F)cc2)C1.I. The van der Waals surface area contributed by atoms with Gasteiger partial charge < -0.3 is 15.0 Å². The van der Waals surface area contributed by atoms with Gasteiger partial charge >= 0.3 is 0 Å². The topological polar surface area (TPSA) is 60.7 Å². The van der Waals surface area contributed by atoms with Gasteiger partial charge in [0.15, 0.2) is 5.96 Å². The molecule has 2 unspecified atom stereocenters. The highest BCUT2D eigenvalue weighted by Crippen LogP contribution is 2.25. The van der Waals surface area contributed by atoms with Gasteiger partial charge in [-0.1, -0.05) is 18.2 Å². The summed E-state index contributed by atoms with van der Waals surface area (Å²) in [5.74, 6) is -0.0597. The molecule has 1 aliphatic heterocycles. The van der Waals surface area contributed by atoms with Gasteiger partial charge in [-0.2, -0.15) is 5.26 Å². The van der Waals surface area contributed by atoms with Crippen molar-refractivity contribution in [2.75, 3.05) is 19.6 Å². The van der Waals surface area contributed by atoms with Crippen molar-refractivity contribution in [3.05, 3.63) is 70.8 Å². The van der Waals surface area contributed by atoms with Crippen molar-refractivity contribution in [3.63, 3.8) is 0 Å².